The quantitative estimate of drug-likeness (QED) is 0.899. The second-order valence-electron chi connectivity index (χ2n) is 5.63. The van der Waals surface area contributed by atoms with Crippen molar-refractivity contribution in [2.45, 2.75) is 31.5 Å². The van der Waals surface area contributed by atoms with Gasteiger partial charge >= 0.3 is 0 Å². The van der Waals surface area contributed by atoms with E-state index in [4.69, 9.17) is 4.74 Å². The van der Waals surface area contributed by atoms with Crippen LogP contribution in [0.5, 0.6) is 0 Å². The van der Waals surface area contributed by atoms with Gasteiger partial charge in [-0.15, -0.1) is 0 Å². The van der Waals surface area contributed by atoms with Gasteiger partial charge in [0.2, 0.25) is 0 Å². The molecular formula is C16H22N2O2. The van der Waals surface area contributed by atoms with Crippen molar-refractivity contribution in [2.75, 3.05) is 26.2 Å². The zero-order valence-electron chi connectivity index (χ0n) is 11.8. The van der Waals surface area contributed by atoms with Crippen LogP contribution in [0.3, 0.4) is 0 Å². The van der Waals surface area contributed by atoms with Gasteiger partial charge in [0.15, 0.2) is 0 Å². The number of benzene rings is 1. The Kier molecular flexibility index (Phi) is 4.45. The number of nitrogens with zero attached hydrogens (tertiary/aromatic N) is 1. The van der Waals surface area contributed by atoms with E-state index in [0.29, 0.717) is 18.6 Å². The van der Waals surface area contributed by atoms with Crippen molar-refractivity contribution in [1.29, 1.82) is 0 Å². The first-order valence-corrected chi connectivity index (χ1v) is 7.45. The number of hydrogen-bond acceptors (Lipinski definition) is 4. The number of rotatable bonds is 3. The van der Waals surface area contributed by atoms with Gasteiger partial charge in [0.05, 0.1) is 12.7 Å². The van der Waals surface area contributed by atoms with Crippen LogP contribution in [0.15, 0.2) is 30.3 Å². The normalized spacial score (nSPS) is 28.5. The number of Topliss-reactive ketones (excluding diaryl/α,β-unsaturated/α-hetero) is 1. The van der Waals surface area contributed by atoms with Crippen LogP contribution in [-0.4, -0.2) is 49.1 Å². The maximum Gasteiger partial charge on any atom is 0.135 e. The van der Waals surface area contributed by atoms with Gasteiger partial charge in [-0.2, -0.15) is 0 Å². The minimum Gasteiger partial charge on any atom is -0.374 e. The first-order chi connectivity index (χ1) is 9.83. The largest absolute Gasteiger partial charge is 0.374 e. The SMILES string of the molecule is O=C1CCN(Cc2ccccc2)C(C2CNCCO2)C1. The number of ether oxygens (including phenoxy) is 1. The van der Waals surface area contributed by atoms with E-state index < -0.39 is 0 Å². The Morgan fingerprint density at radius 1 is 1.30 bits per heavy atom. The maximum atomic E-state index is 11.8. The Morgan fingerprint density at radius 2 is 2.15 bits per heavy atom. The van der Waals surface area contributed by atoms with Gasteiger partial charge < -0.3 is 10.1 Å². The van der Waals surface area contributed by atoms with E-state index in [1.807, 2.05) is 6.07 Å². The van der Waals surface area contributed by atoms with Crippen LogP contribution in [0.25, 0.3) is 0 Å². The second-order valence-corrected chi connectivity index (χ2v) is 5.63. The summed E-state index contributed by atoms with van der Waals surface area (Å²) in [6, 6.07) is 10.7. The summed E-state index contributed by atoms with van der Waals surface area (Å²) in [5.41, 5.74) is 1.30. The predicted molar refractivity (Wildman–Crippen MR) is 77.5 cm³/mol. The molecule has 0 amide bonds. The van der Waals surface area contributed by atoms with Crippen LogP contribution in [0.1, 0.15) is 18.4 Å². The van der Waals surface area contributed by atoms with Crippen molar-refractivity contribution < 1.29 is 9.53 Å². The van der Waals surface area contributed by atoms with Crippen molar-refractivity contribution in [3.05, 3.63) is 35.9 Å². The summed E-state index contributed by atoms with van der Waals surface area (Å²) in [6.07, 6.45) is 1.43. The highest BCUT2D eigenvalue weighted by atomic mass is 16.5. The predicted octanol–water partition coefficient (Wildman–Crippen LogP) is 1.21. The lowest BCUT2D eigenvalue weighted by Gasteiger charge is -2.41. The summed E-state index contributed by atoms with van der Waals surface area (Å²) >= 11 is 0. The number of ketones is 1. The maximum absolute atomic E-state index is 11.8. The molecule has 0 aromatic heterocycles. The lowest BCUT2D eigenvalue weighted by atomic mass is 9.95. The molecule has 0 radical (unpaired) electrons. The summed E-state index contributed by atoms with van der Waals surface area (Å²) in [5.74, 6) is 0.369. The second kappa shape index (κ2) is 6.48. The molecule has 1 N–H and O–H groups in total. The highest BCUT2D eigenvalue weighted by Crippen LogP contribution is 2.22. The smallest absolute Gasteiger partial charge is 0.135 e. The molecule has 2 unspecified atom stereocenters. The zero-order chi connectivity index (χ0) is 13.8. The van der Waals surface area contributed by atoms with Crippen molar-refractivity contribution in [1.82, 2.24) is 10.2 Å². The number of morpholine rings is 1. The average Bonchev–Trinajstić information content (AvgIpc) is 2.51. The van der Waals surface area contributed by atoms with Crippen molar-refractivity contribution in [3.63, 3.8) is 0 Å². The van der Waals surface area contributed by atoms with Crippen LogP contribution in [0, 0.1) is 0 Å². The Morgan fingerprint density at radius 3 is 2.90 bits per heavy atom. The van der Waals surface area contributed by atoms with Crippen molar-refractivity contribution in [3.8, 4) is 0 Å². The van der Waals surface area contributed by atoms with Crippen LogP contribution in [-0.2, 0) is 16.1 Å². The summed E-state index contributed by atoms with van der Waals surface area (Å²) in [7, 11) is 0. The molecule has 4 heteroatoms. The third kappa shape index (κ3) is 3.26. The molecule has 0 spiro atoms. The highest BCUT2D eigenvalue weighted by molar-refractivity contribution is 5.80. The minimum atomic E-state index is 0.136. The number of carbonyl (C=O) groups is 1. The van der Waals surface area contributed by atoms with Crippen LogP contribution in [0.4, 0.5) is 0 Å². The van der Waals surface area contributed by atoms with E-state index in [9.17, 15) is 4.79 Å². The lowest BCUT2D eigenvalue weighted by molar-refractivity contribution is -0.127. The van der Waals surface area contributed by atoms with Gasteiger partial charge in [-0.1, -0.05) is 30.3 Å². The Hall–Kier alpha value is -1.23. The molecule has 2 atom stereocenters. The molecule has 0 saturated carbocycles. The van der Waals surface area contributed by atoms with Crippen LogP contribution >= 0.6 is 0 Å². The van der Waals surface area contributed by atoms with E-state index in [0.717, 1.165) is 32.8 Å². The molecular weight excluding hydrogens is 252 g/mol. The van der Waals surface area contributed by atoms with Crippen LogP contribution in [0.2, 0.25) is 0 Å². The van der Waals surface area contributed by atoms with Gasteiger partial charge in [0, 0.05) is 45.1 Å². The van der Waals surface area contributed by atoms with E-state index in [-0.39, 0.29) is 12.1 Å². The van der Waals surface area contributed by atoms with Gasteiger partial charge in [-0.3, -0.25) is 9.69 Å². The molecule has 2 aliphatic rings. The number of piperidine rings is 1. The summed E-state index contributed by atoms with van der Waals surface area (Å²) in [5, 5.41) is 3.37. The summed E-state index contributed by atoms with van der Waals surface area (Å²) in [6.45, 7) is 4.25. The fraction of sp³-hybridized carbons (Fsp3) is 0.562. The average molecular weight is 274 g/mol. The Labute approximate surface area is 120 Å². The fourth-order valence-electron chi connectivity index (χ4n) is 3.11. The summed E-state index contributed by atoms with van der Waals surface area (Å²) < 4.78 is 5.88. The lowest BCUT2D eigenvalue weighted by Crippen LogP contribution is -2.55. The number of nitrogens with one attached hydrogen (secondary N) is 1. The van der Waals surface area contributed by atoms with Crippen molar-refractivity contribution >= 4 is 5.78 Å². The van der Waals surface area contributed by atoms with E-state index in [2.05, 4.69) is 34.5 Å². The van der Waals surface area contributed by atoms with Gasteiger partial charge in [0.1, 0.15) is 5.78 Å². The van der Waals surface area contributed by atoms with Crippen LogP contribution < -0.4 is 5.32 Å². The molecule has 1 aromatic carbocycles. The molecule has 2 fully saturated rings. The Bertz CT molecular complexity index is 443. The van der Waals surface area contributed by atoms with E-state index in [1.54, 1.807) is 0 Å². The van der Waals surface area contributed by atoms with Gasteiger partial charge in [-0.25, -0.2) is 0 Å². The standard InChI is InChI=1S/C16H22N2O2/c19-14-6-8-18(12-13-4-2-1-3-5-13)15(10-14)16-11-17-7-9-20-16/h1-5,15-17H,6-12H2. The van der Waals surface area contributed by atoms with E-state index in [1.165, 1.54) is 5.56 Å². The van der Waals surface area contributed by atoms with Gasteiger partial charge in [-0.05, 0) is 5.56 Å². The fourth-order valence-corrected chi connectivity index (χ4v) is 3.11. The summed E-state index contributed by atoms with van der Waals surface area (Å²) in [4.78, 5) is 14.2. The third-order valence-electron chi connectivity index (χ3n) is 4.20. The molecule has 108 valence electrons. The molecule has 1 aromatic rings. The first kappa shape index (κ1) is 13.7. The Balaban J connectivity index is 1.70. The zero-order valence-corrected chi connectivity index (χ0v) is 11.8. The topological polar surface area (TPSA) is 41.6 Å². The first-order valence-electron chi connectivity index (χ1n) is 7.45. The van der Waals surface area contributed by atoms with Gasteiger partial charge in [0.25, 0.3) is 0 Å². The monoisotopic (exact) mass is 274 g/mol. The molecule has 20 heavy (non-hydrogen) atoms. The molecule has 3 rings (SSSR count). The molecule has 2 aliphatic heterocycles. The van der Waals surface area contributed by atoms with Crippen molar-refractivity contribution in [2.24, 2.45) is 0 Å². The highest BCUT2D eigenvalue weighted by Gasteiger charge is 2.34. The molecule has 0 bridgehead atoms. The number of likely N-dealkylation sites (tertiary alicyclic amines) is 1. The molecule has 2 heterocycles. The van der Waals surface area contributed by atoms with E-state index >= 15 is 0 Å². The third-order valence-corrected chi connectivity index (χ3v) is 4.20. The minimum absolute atomic E-state index is 0.136. The number of carbonyl (C=O) groups excluding carboxylic acids is 1. The number of hydrogen-bond donors (Lipinski definition) is 1. The molecule has 2 saturated heterocycles. The molecule has 0 aliphatic carbocycles. The molecule has 4 nitrogen and oxygen atoms in total.